The van der Waals surface area contributed by atoms with Gasteiger partial charge >= 0.3 is 12.0 Å². The number of esters is 1. The van der Waals surface area contributed by atoms with Crippen LogP contribution in [0.1, 0.15) is 34.8 Å². The molecule has 152 valence electrons. The van der Waals surface area contributed by atoms with Gasteiger partial charge in [0.25, 0.3) is 5.56 Å². The van der Waals surface area contributed by atoms with Crippen molar-refractivity contribution in [2.75, 3.05) is 6.54 Å². The van der Waals surface area contributed by atoms with Gasteiger partial charge in [0.1, 0.15) is 0 Å². The summed E-state index contributed by atoms with van der Waals surface area (Å²) in [7, 11) is 0. The first-order valence-electron chi connectivity index (χ1n) is 9.29. The SMILES string of the molecule is C[C@@H](OC(=O)c1ccc(CN2C(=O)CNC2=O)cc1)c1nc2ccccc2c(=O)[nH]1. The molecule has 2 aromatic carbocycles. The fourth-order valence-corrected chi connectivity index (χ4v) is 3.13. The number of hydrogen-bond acceptors (Lipinski definition) is 6. The third-order valence-corrected chi connectivity index (χ3v) is 4.77. The van der Waals surface area contributed by atoms with Crippen molar-refractivity contribution in [3.8, 4) is 0 Å². The zero-order valence-electron chi connectivity index (χ0n) is 16.0. The third-order valence-electron chi connectivity index (χ3n) is 4.77. The van der Waals surface area contributed by atoms with E-state index in [9.17, 15) is 19.2 Å². The van der Waals surface area contributed by atoms with Gasteiger partial charge in [-0.2, -0.15) is 0 Å². The normalized spacial score (nSPS) is 14.6. The van der Waals surface area contributed by atoms with Crippen LogP contribution in [0.15, 0.2) is 53.3 Å². The quantitative estimate of drug-likeness (QED) is 0.493. The van der Waals surface area contributed by atoms with E-state index in [0.29, 0.717) is 22.0 Å². The number of amides is 3. The van der Waals surface area contributed by atoms with Gasteiger partial charge in [-0.25, -0.2) is 14.6 Å². The second-order valence-electron chi connectivity index (χ2n) is 6.85. The molecule has 1 aliphatic heterocycles. The van der Waals surface area contributed by atoms with Gasteiger partial charge < -0.3 is 15.0 Å². The van der Waals surface area contributed by atoms with Gasteiger partial charge in [0.05, 0.1) is 29.6 Å². The van der Waals surface area contributed by atoms with Crippen molar-refractivity contribution in [3.05, 3.63) is 75.8 Å². The summed E-state index contributed by atoms with van der Waals surface area (Å²) >= 11 is 0. The number of H-pyrrole nitrogens is 1. The second-order valence-corrected chi connectivity index (χ2v) is 6.85. The molecule has 30 heavy (non-hydrogen) atoms. The van der Waals surface area contributed by atoms with E-state index in [1.165, 1.54) is 0 Å². The number of aromatic nitrogens is 2. The van der Waals surface area contributed by atoms with Gasteiger partial charge in [0.15, 0.2) is 11.9 Å². The number of imide groups is 1. The predicted octanol–water partition coefficient (Wildman–Crippen LogP) is 1.89. The first kappa shape index (κ1) is 19.3. The lowest BCUT2D eigenvalue weighted by Gasteiger charge is -2.14. The Morgan fingerprint density at radius 3 is 2.57 bits per heavy atom. The Bertz CT molecular complexity index is 1190. The summed E-state index contributed by atoms with van der Waals surface area (Å²) in [5.41, 5.74) is 1.21. The molecule has 1 aliphatic rings. The van der Waals surface area contributed by atoms with Gasteiger partial charge in [0, 0.05) is 0 Å². The van der Waals surface area contributed by atoms with Crippen LogP contribution < -0.4 is 10.9 Å². The Labute approximate surface area is 170 Å². The summed E-state index contributed by atoms with van der Waals surface area (Å²) in [5, 5.41) is 2.91. The average Bonchev–Trinajstić information content (AvgIpc) is 3.06. The maximum Gasteiger partial charge on any atom is 0.338 e. The van der Waals surface area contributed by atoms with Crippen molar-refractivity contribution in [2.45, 2.75) is 19.6 Å². The van der Waals surface area contributed by atoms with Crippen LogP contribution in [0.5, 0.6) is 0 Å². The molecule has 3 amide bonds. The maximum absolute atomic E-state index is 12.5. The van der Waals surface area contributed by atoms with E-state index in [1.54, 1.807) is 55.5 Å². The lowest BCUT2D eigenvalue weighted by atomic mass is 10.1. The van der Waals surface area contributed by atoms with Crippen LogP contribution in [0.4, 0.5) is 4.79 Å². The van der Waals surface area contributed by atoms with Crippen LogP contribution in [0.3, 0.4) is 0 Å². The molecule has 3 aromatic rings. The highest BCUT2D eigenvalue weighted by molar-refractivity contribution is 6.01. The summed E-state index contributed by atoms with van der Waals surface area (Å²) in [5.74, 6) is -0.628. The summed E-state index contributed by atoms with van der Waals surface area (Å²) in [6, 6.07) is 12.9. The predicted molar refractivity (Wildman–Crippen MR) is 107 cm³/mol. The van der Waals surface area contributed by atoms with E-state index in [2.05, 4.69) is 15.3 Å². The molecule has 4 rings (SSSR count). The Hall–Kier alpha value is -4.01. The van der Waals surface area contributed by atoms with Gasteiger partial charge in [-0.05, 0) is 36.8 Å². The van der Waals surface area contributed by atoms with Crippen LogP contribution in [-0.4, -0.2) is 39.3 Å². The molecular weight excluding hydrogens is 388 g/mol. The smallest absolute Gasteiger partial charge is 0.338 e. The van der Waals surface area contributed by atoms with Crippen LogP contribution in [0.2, 0.25) is 0 Å². The Kier molecular flexibility index (Phi) is 5.01. The highest BCUT2D eigenvalue weighted by Crippen LogP contribution is 2.17. The molecule has 2 N–H and O–H groups in total. The minimum atomic E-state index is -0.764. The average molecular weight is 406 g/mol. The van der Waals surface area contributed by atoms with E-state index in [-0.39, 0.29) is 30.4 Å². The summed E-state index contributed by atoms with van der Waals surface area (Å²) in [6.45, 7) is 1.74. The second kappa shape index (κ2) is 7.78. The number of carbonyl (C=O) groups excluding carboxylic acids is 3. The molecule has 9 nitrogen and oxygen atoms in total. The van der Waals surface area contributed by atoms with Crippen molar-refractivity contribution in [1.29, 1.82) is 0 Å². The van der Waals surface area contributed by atoms with Crippen LogP contribution in [0, 0.1) is 0 Å². The Balaban J connectivity index is 1.45. The molecule has 0 bridgehead atoms. The van der Waals surface area contributed by atoms with Crippen molar-refractivity contribution >= 4 is 28.8 Å². The molecule has 1 aromatic heterocycles. The Morgan fingerprint density at radius 1 is 1.13 bits per heavy atom. The summed E-state index contributed by atoms with van der Waals surface area (Å²) in [4.78, 5) is 56.1. The third kappa shape index (κ3) is 3.77. The topological polar surface area (TPSA) is 121 Å². The number of aromatic amines is 1. The van der Waals surface area contributed by atoms with E-state index >= 15 is 0 Å². The van der Waals surface area contributed by atoms with Crippen LogP contribution >= 0.6 is 0 Å². The lowest BCUT2D eigenvalue weighted by Crippen LogP contribution is -2.30. The molecule has 0 radical (unpaired) electrons. The minimum absolute atomic E-state index is 0.00791. The van der Waals surface area contributed by atoms with E-state index in [4.69, 9.17) is 4.74 Å². The maximum atomic E-state index is 12.5. The molecule has 0 aliphatic carbocycles. The highest BCUT2D eigenvalue weighted by atomic mass is 16.5. The van der Waals surface area contributed by atoms with Crippen molar-refractivity contribution in [1.82, 2.24) is 20.2 Å². The zero-order valence-corrected chi connectivity index (χ0v) is 16.0. The molecule has 0 saturated carbocycles. The summed E-state index contributed by atoms with van der Waals surface area (Å²) in [6.07, 6.45) is -0.764. The number of fused-ring (bicyclic) bond motifs is 1. The number of nitrogens with zero attached hydrogens (tertiary/aromatic N) is 2. The van der Waals surface area contributed by atoms with Gasteiger partial charge in [-0.3, -0.25) is 14.5 Å². The van der Waals surface area contributed by atoms with Gasteiger partial charge in [-0.15, -0.1) is 0 Å². The number of para-hydroxylation sites is 1. The van der Waals surface area contributed by atoms with Gasteiger partial charge in [0.2, 0.25) is 5.91 Å². The van der Waals surface area contributed by atoms with E-state index in [1.807, 2.05) is 0 Å². The molecule has 1 fully saturated rings. The number of urea groups is 1. The number of benzene rings is 2. The minimum Gasteiger partial charge on any atom is -0.451 e. The zero-order chi connectivity index (χ0) is 21.3. The fourth-order valence-electron chi connectivity index (χ4n) is 3.13. The number of nitrogens with one attached hydrogen (secondary N) is 2. The van der Waals surface area contributed by atoms with Crippen LogP contribution in [0.25, 0.3) is 10.9 Å². The number of rotatable bonds is 5. The van der Waals surface area contributed by atoms with Crippen LogP contribution in [-0.2, 0) is 16.1 Å². The summed E-state index contributed by atoms with van der Waals surface area (Å²) < 4.78 is 5.43. The number of hydrogen-bond donors (Lipinski definition) is 2. The van der Waals surface area contributed by atoms with Crippen molar-refractivity contribution in [3.63, 3.8) is 0 Å². The molecule has 1 atom stereocenters. The molecule has 9 heteroatoms. The highest BCUT2D eigenvalue weighted by Gasteiger charge is 2.28. The largest absolute Gasteiger partial charge is 0.451 e. The van der Waals surface area contributed by atoms with Crippen molar-refractivity contribution < 1.29 is 19.1 Å². The molecule has 2 heterocycles. The number of ether oxygens (including phenoxy) is 1. The molecular formula is C21H18N4O5. The first-order chi connectivity index (χ1) is 14.4. The monoisotopic (exact) mass is 406 g/mol. The number of carbonyl (C=O) groups is 3. The molecule has 0 unspecified atom stereocenters. The fraction of sp³-hybridized carbons (Fsp3) is 0.190. The standard InChI is InChI=1S/C21H18N4O5/c1-12(18-23-16-5-3-2-4-15(16)19(27)24-18)30-20(28)14-8-6-13(7-9-14)11-25-17(26)10-22-21(25)29/h2-9,12H,10-11H2,1H3,(H,22,29)(H,23,24,27)/t12-/m1/s1. The molecule has 1 saturated heterocycles. The Morgan fingerprint density at radius 2 is 1.87 bits per heavy atom. The first-order valence-corrected chi connectivity index (χ1v) is 9.29. The van der Waals surface area contributed by atoms with E-state index < -0.39 is 18.1 Å². The van der Waals surface area contributed by atoms with E-state index in [0.717, 1.165) is 4.90 Å². The molecule has 0 spiro atoms. The lowest BCUT2D eigenvalue weighted by molar-refractivity contribution is -0.125. The van der Waals surface area contributed by atoms with Crippen molar-refractivity contribution in [2.24, 2.45) is 0 Å². The van der Waals surface area contributed by atoms with Gasteiger partial charge in [-0.1, -0.05) is 24.3 Å².